The molecule has 0 spiro atoms. The SMILES string of the molecule is NCCCCCCC(=O)NC1(c2cccc(C(F)(F)F)c2)CCC1. The van der Waals surface area contributed by atoms with E-state index in [9.17, 15) is 18.0 Å². The van der Waals surface area contributed by atoms with Crippen LogP contribution in [0.5, 0.6) is 0 Å². The second kappa shape index (κ2) is 8.01. The highest BCUT2D eigenvalue weighted by molar-refractivity contribution is 5.77. The summed E-state index contributed by atoms with van der Waals surface area (Å²) in [5.41, 5.74) is 4.69. The summed E-state index contributed by atoms with van der Waals surface area (Å²) in [5, 5.41) is 2.98. The largest absolute Gasteiger partial charge is 0.416 e. The van der Waals surface area contributed by atoms with Crippen LogP contribution in [0, 0.1) is 0 Å². The van der Waals surface area contributed by atoms with E-state index in [2.05, 4.69) is 5.32 Å². The van der Waals surface area contributed by atoms with E-state index < -0.39 is 17.3 Å². The van der Waals surface area contributed by atoms with E-state index in [-0.39, 0.29) is 5.91 Å². The zero-order chi connectivity index (χ0) is 17.6. The topological polar surface area (TPSA) is 55.1 Å². The van der Waals surface area contributed by atoms with Crippen LogP contribution in [-0.2, 0) is 16.5 Å². The first-order valence-electron chi connectivity index (χ1n) is 8.56. The molecule has 1 aromatic carbocycles. The van der Waals surface area contributed by atoms with E-state index in [1.165, 1.54) is 12.1 Å². The Morgan fingerprint density at radius 1 is 1.17 bits per heavy atom. The van der Waals surface area contributed by atoms with Crippen LogP contribution in [0.1, 0.15) is 62.5 Å². The number of benzene rings is 1. The number of carbonyl (C=O) groups excluding carboxylic acids is 1. The van der Waals surface area contributed by atoms with Gasteiger partial charge in [-0.25, -0.2) is 0 Å². The number of nitrogens with one attached hydrogen (secondary N) is 1. The van der Waals surface area contributed by atoms with Crippen LogP contribution in [-0.4, -0.2) is 12.5 Å². The third-order valence-corrected chi connectivity index (χ3v) is 4.69. The minimum absolute atomic E-state index is 0.0835. The molecule has 1 amide bonds. The lowest BCUT2D eigenvalue weighted by atomic mass is 9.71. The van der Waals surface area contributed by atoms with E-state index in [0.29, 0.717) is 31.4 Å². The summed E-state index contributed by atoms with van der Waals surface area (Å²) in [7, 11) is 0. The van der Waals surface area contributed by atoms with Gasteiger partial charge in [-0.3, -0.25) is 4.79 Å². The molecule has 1 fully saturated rings. The maximum Gasteiger partial charge on any atom is 0.416 e. The first-order chi connectivity index (χ1) is 11.4. The summed E-state index contributed by atoms with van der Waals surface area (Å²) < 4.78 is 38.7. The van der Waals surface area contributed by atoms with Crippen molar-refractivity contribution in [3.05, 3.63) is 35.4 Å². The molecular weight excluding hydrogens is 317 g/mol. The highest BCUT2D eigenvalue weighted by Crippen LogP contribution is 2.43. The Morgan fingerprint density at radius 2 is 1.88 bits per heavy atom. The van der Waals surface area contributed by atoms with E-state index in [1.807, 2.05) is 0 Å². The van der Waals surface area contributed by atoms with Crippen molar-refractivity contribution in [3.8, 4) is 0 Å². The van der Waals surface area contributed by atoms with Gasteiger partial charge in [-0.05, 0) is 56.3 Å². The summed E-state index contributed by atoms with van der Waals surface area (Å²) in [6, 6.07) is 5.32. The third-order valence-electron chi connectivity index (χ3n) is 4.69. The van der Waals surface area contributed by atoms with Gasteiger partial charge in [0.25, 0.3) is 0 Å². The van der Waals surface area contributed by atoms with E-state index in [0.717, 1.165) is 38.2 Å². The van der Waals surface area contributed by atoms with Crippen LogP contribution in [0.25, 0.3) is 0 Å². The van der Waals surface area contributed by atoms with Gasteiger partial charge in [0.1, 0.15) is 0 Å². The van der Waals surface area contributed by atoms with Crippen LogP contribution in [0.3, 0.4) is 0 Å². The molecule has 0 aliphatic heterocycles. The number of carbonyl (C=O) groups is 1. The molecule has 1 aliphatic rings. The number of hydrogen-bond donors (Lipinski definition) is 2. The monoisotopic (exact) mass is 342 g/mol. The van der Waals surface area contributed by atoms with Crippen molar-refractivity contribution < 1.29 is 18.0 Å². The number of nitrogens with two attached hydrogens (primary N) is 1. The fourth-order valence-corrected chi connectivity index (χ4v) is 3.12. The zero-order valence-electron chi connectivity index (χ0n) is 13.8. The number of alkyl halides is 3. The average Bonchev–Trinajstić information content (AvgIpc) is 2.50. The highest BCUT2D eigenvalue weighted by atomic mass is 19.4. The van der Waals surface area contributed by atoms with Crippen molar-refractivity contribution in [2.24, 2.45) is 5.73 Å². The molecule has 0 radical (unpaired) electrons. The fraction of sp³-hybridized carbons (Fsp3) is 0.611. The standard InChI is InChI=1S/C18H25F3N2O/c19-18(20,21)15-8-5-7-14(13-15)17(10-6-11-17)23-16(24)9-3-1-2-4-12-22/h5,7-8,13H,1-4,6,9-12,22H2,(H,23,24). The second-order valence-electron chi connectivity index (χ2n) is 6.52. The smallest absolute Gasteiger partial charge is 0.347 e. The molecule has 1 aromatic rings. The fourth-order valence-electron chi connectivity index (χ4n) is 3.12. The molecule has 1 saturated carbocycles. The van der Waals surface area contributed by atoms with Gasteiger partial charge in [-0.15, -0.1) is 0 Å². The Balaban J connectivity index is 1.98. The Morgan fingerprint density at radius 3 is 2.46 bits per heavy atom. The summed E-state index contributed by atoms with van der Waals surface area (Å²) in [4.78, 5) is 12.2. The van der Waals surface area contributed by atoms with Gasteiger partial charge in [-0.1, -0.05) is 25.0 Å². The Hall–Kier alpha value is -1.56. The summed E-state index contributed by atoms with van der Waals surface area (Å²) >= 11 is 0. The molecule has 1 aliphatic carbocycles. The molecule has 24 heavy (non-hydrogen) atoms. The maximum atomic E-state index is 12.9. The highest BCUT2D eigenvalue weighted by Gasteiger charge is 2.41. The molecule has 2 rings (SSSR count). The van der Waals surface area contributed by atoms with Crippen molar-refractivity contribution in [1.82, 2.24) is 5.32 Å². The Labute approximate surface area is 140 Å². The van der Waals surface area contributed by atoms with Crippen molar-refractivity contribution in [3.63, 3.8) is 0 Å². The predicted molar refractivity (Wildman–Crippen MR) is 87.3 cm³/mol. The molecule has 3 nitrogen and oxygen atoms in total. The lowest BCUT2D eigenvalue weighted by Gasteiger charge is -2.43. The van der Waals surface area contributed by atoms with Gasteiger partial charge in [0, 0.05) is 6.42 Å². The van der Waals surface area contributed by atoms with Crippen LogP contribution in [0.15, 0.2) is 24.3 Å². The molecule has 0 bridgehead atoms. The van der Waals surface area contributed by atoms with Crippen molar-refractivity contribution >= 4 is 5.91 Å². The maximum absolute atomic E-state index is 12.9. The minimum atomic E-state index is -4.37. The van der Waals surface area contributed by atoms with Gasteiger partial charge in [0.15, 0.2) is 0 Å². The molecule has 0 atom stereocenters. The molecule has 3 N–H and O–H groups in total. The quantitative estimate of drug-likeness (QED) is 0.699. The van der Waals surface area contributed by atoms with E-state index >= 15 is 0 Å². The lowest BCUT2D eigenvalue weighted by molar-refractivity contribution is -0.137. The predicted octanol–water partition coefficient (Wildman–Crippen LogP) is 4.11. The summed E-state index contributed by atoms with van der Waals surface area (Å²) in [5.74, 6) is -0.0835. The number of rotatable bonds is 8. The van der Waals surface area contributed by atoms with Crippen LogP contribution in [0.2, 0.25) is 0 Å². The van der Waals surface area contributed by atoms with Gasteiger partial charge in [-0.2, -0.15) is 13.2 Å². The molecule has 0 heterocycles. The summed E-state index contributed by atoms with van der Waals surface area (Å²) in [6.45, 7) is 0.658. The first kappa shape index (κ1) is 18.8. The van der Waals surface area contributed by atoms with Crippen molar-refractivity contribution in [1.29, 1.82) is 0 Å². The first-order valence-corrected chi connectivity index (χ1v) is 8.56. The van der Waals surface area contributed by atoms with Gasteiger partial charge >= 0.3 is 6.18 Å². The molecule has 0 aromatic heterocycles. The average molecular weight is 342 g/mol. The molecule has 0 saturated heterocycles. The number of amides is 1. The molecular formula is C18H25F3N2O. The zero-order valence-corrected chi connectivity index (χ0v) is 13.8. The van der Waals surface area contributed by atoms with Gasteiger partial charge < -0.3 is 11.1 Å². The lowest BCUT2D eigenvalue weighted by Crippen LogP contribution is -2.50. The Bertz CT molecular complexity index is 553. The third kappa shape index (κ3) is 4.72. The summed E-state index contributed by atoms with van der Waals surface area (Å²) in [6.07, 6.45) is 2.01. The Kier molecular flexibility index (Phi) is 6.27. The number of hydrogen-bond acceptors (Lipinski definition) is 2. The van der Waals surface area contributed by atoms with Crippen LogP contribution in [0.4, 0.5) is 13.2 Å². The van der Waals surface area contributed by atoms with Crippen molar-refractivity contribution in [2.45, 2.75) is 63.1 Å². The van der Waals surface area contributed by atoms with Gasteiger partial charge in [0.2, 0.25) is 5.91 Å². The minimum Gasteiger partial charge on any atom is -0.347 e. The van der Waals surface area contributed by atoms with Crippen molar-refractivity contribution in [2.75, 3.05) is 6.54 Å². The normalized spacial score (nSPS) is 16.5. The molecule has 134 valence electrons. The van der Waals surface area contributed by atoms with Crippen LogP contribution < -0.4 is 11.1 Å². The van der Waals surface area contributed by atoms with E-state index in [4.69, 9.17) is 5.73 Å². The van der Waals surface area contributed by atoms with Gasteiger partial charge in [0.05, 0.1) is 11.1 Å². The van der Waals surface area contributed by atoms with E-state index in [1.54, 1.807) is 6.07 Å². The van der Waals surface area contributed by atoms with Crippen LogP contribution >= 0.6 is 0 Å². The number of halogens is 3. The second-order valence-corrected chi connectivity index (χ2v) is 6.52. The molecule has 0 unspecified atom stereocenters. The number of unbranched alkanes of at least 4 members (excludes halogenated alkanes) is 3. The molecule has 6 heteroatoms.